The first kappa shape index (κ1) is 9.31. The molecule has 3 N–H and O–H groups in total. The maximum absolute atomic E-state index is 11.2. The SMILES string of the molecule is CNC(=O)c1cc(C(N)=O)cn1C. The van der Waals surface area contributed by atoms with Crippen molar-refractivity contribution in [2.24, 2.45) is 12.8 Å². The van der Waals surface area contributed by atoms with Crippen LogP contribution in [-0.4, -0.2) is 23.4 Å². The van der Waals surface area contributed by atoms with Crippen molar-refractivity contribution in [1.82, 2.24) is 9.88 Å². The van der Waals surface area contributed by atoms with Crippen LogP contribution in [0.3, 0.4) is 0 Å². The van der Waals surface area contributed by atoms with E-state index in [1.54, 1.807) is 11.6 Å². The molecule has 0 bridgehead atoms. The van der Waals surface area contributed by atoms with Crippen molar-refractivity contribution >= 4 is 11.8 Å². The number of nitrogens with two attached hydrogens (primary N) is 1. The van der Waals surface area contributed by atoms with Crippen molar-refractivity contribution in [2.75, 3.05) is 7.05 Å². The highest BCUT2D eigenvalue weighted by atomic mass is 16.2. The molecule has 0 saturated heterocycles. The van der Waals surface area contributed by atoms with Gasteiger partial charge in [-0.3, -0.25) is 9.59 Å². The highest BCUT2D eigenvalue weighted by Gasteiger charge is 2.12. The molecule has 0 aliphatic carbocycles. The van der Waals surface area contributed by atoms with Gasteiger partial charge in [0, 0.05) is 20.3 Å². The van der Waals surface area contributed by atoms with Crippen molar-refractivity contribution in [1.29, 1.82) is 0 Å². The first-order valence-corrected chi connectivity index (χ1v) is 3.74. The Labute approximate surface area is 75.5 Å². The Balaban J connectivity index is 3.10. The topological polar surface area (TPSA) is 77.1 Å². The number of nitrogens with zero attached hydrogens (tertiary/aromatic N) is 1. The molecule has 1 aromatic heterocycles. The number of nitrogens with one attached hydrogen (secondary N) is 1. The summed E-state index contributed by atoms with van der Waals surface area (Å²) in [6.07, 6.45) is 1.52. The highest BCUT2D eigenvalue weighted by molar-refractivity contribution is 5.98. The number of rotatable bonds is 2. The van der Waals surface area contributed by atoms with Crippen LogP contribution < -0.4 is 11.1 Å². The van der Waals surface area contributed by atoms with Gasteiger partial charge in [0.05, 0.1) is 5.56 Å². The van der Waals surface area contributed by atoms with Crippen LogP contribution in [0, 0.1) is 0 Å². The zero-order chi connectivity index (χ0) is 10.0. The Morgan fingerprint density at radius 2 is 2.15 bits per heavy atom. The Morgan fingerprint density at radius 3 is 2.54 bits per heavy atom. The van der Waals surface area contributed by atoms with Crippen molar-refractivity contribution < 1.29 is 9.59 Å². The molecule has 2 amide bonds. The molecule has 0 fully saturated rings. The van der Waals surface area contributed by atoms with Crippen LogP contribution in [0.4, 0.5) is 0 Å². The zero-order valence-corrected chi connectivity index (χ0v) is 7.50. The van der Waals surface area contributed by atoms with Crippen molar-refractivity contribution in [3.63, 3.8) is 0 Å². The molecule has 1 aromatic rings. The van der Waals surface area contributed by atoms with E-state index in [9.17, 15) is 9.59 Å². The molecule has 0 atom stereocenters. The summed E-state index contributed by atoms with van der Waals surface area (Å²) in [5.41, 5.74) is 5.80. The number of aromatic nitrogens is 1. The van der Waals surface area contributed by atoms with Crippen LogP contribution in [0.5, 0.6) is 0 Å². The fourth-order valence-corrected chi connectivity index (χ4v) is 1.05. The number of aryl methyl sites for hydroxylation is 1. The predicted octanol–water partition coefficient (Wildman–Crippen LogP) is -0.516. The number of carbonyl (C=O) groups is 2. The number of hydrogen-bond acceptors (Lipinski definition) is 2. The van der Waals surface area contributed by atoms with Crippen LogP contribution in [0.25, 0.3) is 0 Å². The lowest BCUT2D eigenvalue weighted by atomic mass is 10.3. The van der Waals surface area contributed by atoms with Gasteiger partial charge in [0.15, 0.2) is 0 Å². The zero-order valence-electron chi connectivity index (χ0n) is 7.50. The van der Waals surface area contributed by atoms with E-state index in [1.165, 1.54) is 19.3 Å². The summed E-state index contributed by atoms with van der Waals surface area (Å²) >= 11 is 0. The van der Waals surface area contributed by atoms with Crippen LogP contribution in [0.2, 0.25) is 0 Å². The monoisotopic (exact) mass is 181 g/mol. The van der Waals surface area contributed by atoms with E-state index in [-0.39, 0.29) is 5.91 Å². The van der Waals surface area contributed by atoms with Gasteiger partial charge in [-0.25, -0.2) is 0 Å². The molecular formula is C8H11N3O2. The van der Waals surface area contributed by atoms with Gasteiger partial charge in [0.1, 0.15) is 5.69 Å². The Morgan fingerprint density at radius 1 is 1.54 bits per heavy atom. The molecule has 1 heterocycles. The lowest BCUT2D eigenvalue weighted by Gasteiger charge is -1.98. The summed E-state index contributed by atoms with van der Waals surface area (Å²) in [5, 5.41) is 2.46. The standard InChI is InChI=1S/C8H11N3O2/c1-10-8(13)6-3-5(7(9)12)4-11(6)2/h3-4H,1-2H3,(H2,9,12)(H,10,13). The highest BCUT2D eigenvalue weighted by Crippen LogP contribution is 2.05. The first-order valence-electron chi connectivity index (χ1n) is 3.74. The van der Waals surface area contributed by atoms with Gasteiger partial charge in [-0.05, 0) is 6.07 Å². The quantitative estimate of drug-likeness (QED) is 0.644. The van der Waals surface area contributed by atoms with E-state index in [0.717, 1.165) is 0 Å². The Hall–Kier alpha value is -1.78. The lowest BCUT2D eigenvalue weighted by Crippen LogP contribution is -2.20. The minimum Gasteiger partial charge on any atom is -0.366 e. The molecule has 1 rings (SSSR count). The number of amides is 2. The summed E-state index contributed by atoms with van der Waals surface area (Å²) in [5.74, 6) is -0.777. The summed E-state index contributed by atoms with van der Waals surface area (Å²) in [4.78, 5) is 21.9. The van der Waals surface area contributed by atoms with Crippen LogP contribution in [0.1, 0.15) is 20.8 Å². The second kappa shape index (κ2) is 3.30. The van der Waals surface area contributed by atoms with Crippen molar-refractivity contribution in [3.8, 4) is 0 Å². The van der Waals surface area contributed by atoms with Gasteiger partial charge in [-0.2, -0.15) is 0 Å². The smallest absolute Gasteiger partial charge is 0.267 e. The molecule has 13 heavy (non-hydrogen) atoms. The minimum absolute atomic E-state index is 0.241. The molecule has 5 nitrogen and oxygen atoms in total. The van der Waals surface area contributed by atoms with Gasteiger partial charge >= 0.3 is 0 Å². The normalized spacial score (nSPS) is 9.69. The predicted molar refractivity (Wildman–Crippen MR) is 47.3 cm³/mol. The Kier molecular flexibility index (Phi) is 2.36. The summed E-state index contributed by atoms with van der Waals surface area (Å²) < 4.78 is 1.55. The van der Waals surface area contributed by atoms with E-state index in [0.29, 0.717) is 11.3 Å². The van der Waals surface area contributed by atoms with Crippen LogP contribution in [0.15, 0.2) is 12.3 Å². The lowest BCUT2D eigenvalue weighted by molar-refractivity contribution is 0.0954. The average Bonchev–Trinajstić information content (AvgIpc) is 2.46. The maximum atomic E-state index is 11.2. The van der Waals surface area contributed by atoms with Gasteiger partial charge in [0.25, 0.3) is 5.91 Å². The van der Waals surface area contributed by atoms with Crippen molar-refractivity contribution in [2.45, 2.75) is 0 Å². The van der Waals surface area contributed by atoms with Gasteiger partial charge in [-0.1, -0.05) is 0 Å². The van der Waals surface area contributed by atoms with E-state index in [2.05, 4.69) is 5.32 Å². The van der Waals surface area contributed by atoms with E-state index >= 15 is 0 Å². The molecule has 0 unspecified atom stereocenters. The Bertz CT molecular complexity index is 354. The fourth-order valence-electron chi connectivity index (χ4n) is 1.05. The largest absolute Gasteiger partial charge is 0.366 e. The molecule has 0 radical (unpaired) electrons. The minimum atomic E-state index is -0.536. The average molecular weight is 181 g/mol. The van der Waals surface area contributed by atoms with Gasteiger partial charge in [-0.15, -0.1) is 0 Å². The molecule has 0 aromatic carbocycles. The van der Waals surface area contributed by atoms with Crippen LogP contribution >= 0.6 is 0 Å². The maximum Gasteiger partial charge on any atom is 0.267 e. The summed E-state index contributed by atoms with van der Waals surface area (Å²) in [6, 6.07) is 1.46. The molecule has 0 aliphatic rings. The van der Waals surface area contributed by atoms with Gasteiger partial charge < -0.3 is 15.6 Å². The first-order chi connectivity index (χ1) is 6.06. The number of hydrogen-bond donors (Lipinski definition) is 2. The third kappa shape index (κ3) is 1.69. The second-order valence-corrected chi connectivity index (χ2v) is 2.67. The van der Waals surface area contributed by atoms with E-state index < -0.39 is 5.91 Å². The molecule has 0 saturated carbocycles. The molecule has 70 valence electrons. The second-order valence-electron chi connectivity index (χ2n) is 2.67. The van der Waals surface area contributed by atoms with Crippen LogP contribution in [-0.2, 0) is 7.05 Å². The van der Waals surface area contributed by atoms with E-state index in [4.69, 9.17) is 5.73 Å². The summed E-state index contributed by atoms with van der Waals surface area (Å²) in [7, 11) is 3.20. The molecule has 0 spiro atoms. The van der Waals surface area contributed by atoms with Gasteiger partial charge in [0.2, 0.25) is 5.91 Å². The third-order valence-electron chi connectivity index (χ3n) is 1.75. The summed E-state index contributed by atoms with van der Waals surface area (Å²) in [6.45, 7) is 0. The molecular weight excluding hydrogens is 170 g/mol. The molecule has 5 heteroatoms. The molecule has 0 aliphatic heterocycles. The fraction of sp³-hybridized carbons (Fsp3) is 0.250. The number of carbonyl (C=O) groups excluding carboxylic acids is 2. The van der Waals surface area contributed by atoms with E-state index in [1.807, 2.05) is 0 Å². The van der Waals surface area contributed by atoms with Crippen molar-refractivity contribution in [3.05, 3.63) is 23.5 Å². The third-order valence-corrected chi connectivity index (χ3v) is 1.75. The number of primary amides is 1.